The van der Waals surface area contributed by atoms with Crippen molar-refractivity contribution in [2.75, 3.05) is 0 Å². The quantitative estimate of drug-likeness (QED) is 0.529. The first kappa shape index (κ1) is 14.9. The van der Waals surface area contributed by atoms with Crippen LogP contribution in [0, 0.1) is 13.8 Å². The monoisotopic (exact) mass is 337 g/mol. The molecule has 0 fully saturated rings. The van der Waals surface area contributed by atoms with E-state index >= 15 is 0 Å². The molecule has 0 radical (unpaired) electrons. The molecule has 24 heavy (non-hydrogen) atoms. The highest BCUT2D eigenvalue weighted by atomic mass is 32.2. The van der Waals surface area contributed by atoms with Crippen LogP contribution in [-0.2, 0) is 5.75 Å². The molecule has 0 spiro atoms. The zero-order valence-corrected chi connectivity index (χ0v) is 14.1. The van der Waals surface area contributed by atoms with Crippen molar-refractivity contribution < 1.29 is 4.42 Å². The number of aryl methyl sites for hydroxylation is 2. The van der Waals surface area contributed by atoms with E-state index < -0.39 is 0 Å². The number of benzene rings is 2. The number of thioether (sulfide) groups is 1. The summed E-state index contributed by atoms with van der Waals surface area (Å²) >= 11 is 1.50. The summed E-state index contributed by atoms with van der Waals surface area (Å²) in [7, 11) is 0. The molecule has 0 saturated heterocycles. The topological polar surface area (TPSA) is 69.6 Å². The number of aromatic nitrogens is 5. The molecular weight excluding hydrogens is 322 g/mol. The molecule has 2 aromatic carbocycles. The first-order chi connectivity index (χ1) is 11.7. The largest absolute Gasteiger partial charge is 0.440 e. The van der Waals surface area contributed by atoms with E-state index in [-0.39, 0.29) is 0 Å². The van der Waals surface area contributed by atoms with E-state index in [1.54, 1.807) is 4.68 Å². The Labute approximate surface area is 142 Å². The maximum absolute atomic E-state index is 5.74. The summed E-state index contributed by atoms with van der Waals surface area (Å²) in [5.41, 5.74) is 4.98. The van der Waals surface area contributed by atoms with Crippen molar-refractivity contribution in [3.63, 3.8) is 0 Å². The summed E-state index contributed by atoms with van der Waals surface area (Å²) in [4.78, 5) is 4.48. The highest BCUT2D eigenvalue weighted by Crippen LogP contribution is 2.25. The Hall–Kier alpha value is -2.67. The average molecular weight is 337 g/mol. The molecule has 0 aliphatic rings. The maximum Gasteiger partial charge on any atom is 0.214 e. The van der Waals surface area contributed by atoms with Crippen LogP contribution < -0.4 is 0 Å². The molecule has 0 N–H and O–H groups in total. The van der Waals surface area contributed by atoms with Gasteiger partial charge in [-0.25, -0.2) is 4.98 Å². The summed E-state index contributed by atoms with van der Waals surface area (Å²) in [6.07, 6.45) is 0. The molecule has 0 aliphatic carbocycles. The molecule has 0 aliphatic heterocycles. The van der Waals surface area contributed by atoms with Crippen LogP contribution in [0.5, 0.6) is 0 Å². The molecule has 7 heteroatoms. The first-order valence-corrected chi connectivity index (χ1v) is 8.52. The predicted molar refractivity (Wildman–Crippen MR) is 92.2 cm³/mol. The predicted octanol–water partition coefficient (Wildman–Crippen LogP) is 3.71. The normalized spacial score (nSPS) is 11.2. The third-order valence-electron chi connectivity index (χ3n) is 3.68. The summed E-state index contributed by atoms with van der Waals surface area (Å²) < 4.78 is 7.49. The summed E-state index contributed by atoms with van der Waals surface area (Å²) in [6.45, 7) is 4.12. The van der Waals surface area contributed by atoms with Crippen molar-refractivity contribution in [1.29, 1.82) is 0 Å². The molecule has 120 valence electrons. The van der Waals surface area contributed by atoms with Crippen LogP contribution in [0.1, 0.15) is 17.0 Å². The van der Waals surface area contributed by atoms with Crippen LogP contribution in [0.3, 0.4) is 0 Å². The lowest BCUT2D eigenvalue weighted by molar-refractivity contribution is 0.556. The minimum Gasteiger partial charge on any atom is -0.440 e. The third-order valence-corrected chi connectivity index (χ3v) is 4.59. The number of oxazole rings is 1. The number of para-hydroxylation sites is 2. The van der Waals surface area contributed by atoms with E-state index in [0.29, 0.717) is 16.8 Å². The zero-order chi connectivity index (χ0) is 16.5. The highest BCUT2D eigenvalue weighted by molar-refractivity contribution is 7.98. The van der Waals surface area contributed by atoms with Crippen molar-refractivity contribution in [2.45, 2.75) is 24.8 Å². The lowest BCUT2D eigenvalue weighted by Gasteiger charge is -2.07. The molecule has 0 atom stereocenters. The van der Waals surface area contributed by atoms with Gasteiger partial charge in [0.1, 0.15) is 5.52 Å². The fraction of sp³-hybridized carbons (Fsp3) is 0.176. The van der Waals surface area contributed by atoms with Gasteiger partial charge in [-0.2, -0.15) is 4.68 Å². The van der Waals surface area contributed by atoms with E-state index in [9.17, 15) is 0 Å². The van der Waals surface area contributed by atoms with E-state index in [2.05, 4.69) is 46.5 Å². The van der Waals surface area contributed by atoms with Crippen molar-refractivity contribution in [3.8, 4) is 5.69 Å². The average Bonchev–Trinajstić information content (AvgIpc) is 3.19. The maximum atomic E-state index is 5.74. The molecule has 6 nitrogen and oxygen atoms in total. The van der Waals surface area contributed by atoms with Gasteiger partial charge in [0.15, 0.2) is 5.58 Å². The molecule has 2 heterocycles. The van der Waals surface area contributed by atoms with Gasteiger partial charge >= 0.3 is 0 Å². The Kier molecular flexibility index (Phi) is 3.78. The van der Waals surface area contributed by atoms with E-state index in [0.717, 1.165) is 22.4 Å². The standard InChI is InChI=1S/C17H15N5OS/c1-11-7-8-14(12(2)9-11)22-17(19-20-21-22)24-10-16-18-13-5-3-4-6-15(13)23-16/h3-9H,10H2,1-2H3. The van der Waals surface area contributed by atoms with Crippen LogP contribution in [0.25, 0.3) is 16.8 Å². The zero-order valence-electron chi connectivity index (χ0n) is 13.3. The Bertz CT molecular complexity index is 974. The highest BCUT2D eigenvalue weighted by Gasteiger charge is 2.13. The van der Waals surface area contributed by atoms with Gasteiger partial charge in [0.2, 0.25) is 11.0 Å². The molecule has 4 rings (SSSR count). The van der Waals surface area contributed by atoms with Gasteiger partial charge in [0, 0.05) is 0 Å². The molecule has 0 unspecified atom stereocenters. The molecule has 0 amide bonds. The van der Waals surface area contributed by atoms with Gasteiger partial charge in [-0.3, -0.25) is 0 Å². The van der Waals surface area contributed by atoms with Gasteiger partial charge in [0.25, 0.3) is 0 Å². The van der Waals surface area contributed by atoms with Crippen LogP contribution in [0.2, 0.25) is 0 Å². The van der Waals surface area contributed by atoms with Crippen LogP contribution in [-0.4, -0.2) is 25.2 Å². The van der Waals surface area contributed by atoms with Crippen molar-refractivity contribution in [1.82, 2.24) is 25.2 Å². The van der Waals surface area contributed by atoms with E-state index in [1.807, 2.05) is 30.3 Å². The van der Waals surface area contributed by atoms with Gasteiger partial charge in [0.05, 0.1) is 11.4 Å². The van der Waals surface area contributed by atoms with Crippen LogP contribution in [0.15, 0.2) is 52.0 Å². The van der Waals surface area contributed by atoms with Gasteiger partial charge in [-0.15, -0.1) is 5.10 Å². The number of rotatable bonds is 4. The molecule has 2 aromatic heterocycles. The van der Waals surface area contributed by atoms with Gasteiger partial charge in [-0.1, -0.05) is 41.6 Å². The second kappa shape index (κ2) is 6.09. The molecule has 0 bridgehead atoms. The summed E-state index contributed by atoms with van der Waals surface area (Å²) in [5.74, 6) is 1.23. The number of nitrogens with zero attached hydrogens (tertiary/aromatic N) is 5. The second-order valence-corrected chi connectivity index (χ2v) is 6.47. The summed E-state index contributed by atoms with van der Waals surface area (Å²) in [6, 6.07) is 13.9. The Morgan fingerprint density at radius 2 is 2.00 bits per heavy atom. The van der Waals surface area contributed by atoms with E-state index in [1.165, 1.54) is 17.3 Å². The Morgan fingerprint density at radius 1 is 1.12 bits per heavy atom. The van der Waals surface area contributed by atoms with E-state index in [4.69, 9.17) is 4.42 Å². The minimum absolute atomic E-state index is 0.569. The fourth-order valence-electron chi connectivity index (χ4n) is 2.57. The van der Waals surface area contributed by atoms with Crippen molar-refractivity contribution in [2.24, 2.45) is 0 Å². The first-order valence-electron chi connectivity index (χ1n) is 7.54. The Morgan fingerprint density at radius 3 is 2.83 bits per heavy atom. The fourth-order valence-corrected chi connectivity index (χ4v) is 3.30. The smallest absolute Gasteiger partial charge is 0.214 e. The SMILES string of the molecule is Cc1ccc(-n2nnnc2SCc2nc3ccccc3o2)c(C)c1. The lowest BCUT2D eigenvalue weighted by atomic mass is 10.1. The van der Waals surface area contributed by atoms with Crippen molar-refractivity contribution >= 4 is 22.9 Å². The number of hydrogen-bond donors (Lipinski definition) is 0. The number of tetrazole rings is 1. The second-order valence-electron chi connectivity index (χ2n) is 5.53. The third kappa shape index (κ3) is 2.78. The number of fused-ring (bicyclic) bond motifs is 1. The minimum atomic E-state index is 0.569. The van der Waals surface area contributed by atoms with Crippen molar-refractivity contribution in [3.05, 3.63) is 59.5 Å². The van der Waals surface area contributed by atoms with Gasteiger partial charge in [-0.05, 0) is 48.0 Å². The van der Waals surface area contributed by atoms with Gasteiger partial charge < -0.3 is 4.42 Å². The van der Waals surface area contributed by atoms with Crippen LogP contribution in [0.4, 0.5) is 0 Å². The van der Waals surface area contributed by atoms with Crippen LogP contribution >= 0.6 is 11.8 Å². The molecular formula is C17H15N5OS. The molecule has 4 aromatic rings. The summed E-state index contributed by atoms with van der Waals surface area (Å²) in [5, 5.41) is 12.8. The number of hydrogen-bond acceptors (Lipinski definition) is 6. The lowest BCUT2D eigenvalue weighted by Crippen LogP contribution is -2.01. The Balaban J connectivity index is 1.58. The molecule has 0 saturated carbocycles.